The Balaban J connectivity index is 2.00. The summed E-state index contributed by atoms with van der Waals surface area (Å²) in [4.78, 5) is 2.41. The second-order valence-corrected chi connectivity index (χ2v) is 5.94. The molecule has 0 aliphatic carbocycles. The predicted octanol–water partition coefficient (Wildman–Crippen LogP) is 3.19. The van der Waals surface area contributed by atoms with Crippen LogP contribution in [0, 0.1) is 11.8 Å². The second kappa shape index (κ2) is 6.05. The summed E-state index contributed by atoms with van der Waals surface area (Å²) >= 11 is 6.27. The summed E-state index contributed by atoms with van der Waals surface area (Å²) in [5, 5.41) is 4.33. The van der Waals surface area contributed by atoms with Gasteiger partial charge in [-0.25, -0.2) is 0 Å². The van der Waals surface area contributed by atoms with Crippen LogP contribution in [0.25, 0.3) is 0 Å². The van der Waals surface area contributed by atoms with Gasteiger partial charge in [0.2, 0.25) is 0 Å². The smallest absolute Gasteiger partial charge is 0.0453 e. The lowest BCUT2D eigenvalue weighted by molar-refractivity contribution is 0.208. The Labute approximate surface area is 115 Å². The molecule has 18 heavy (non-hydrogen) atoms. The summed E-state index contributed by atoms with van der Waals surface area (Å²) in [6.45, 7) is 7.98. The average molecular weight is 267 g/mol. The lowest BCUT2D eigenvalue weighted by atomic mass is 9.96. The highest BCUT2D eigenvalue weighted by molar-refractivity contribution is 6.31. The normalized spacial score (nSPS) is 25.6. The molecule has 3 atom stereocenters. The second-order valence-electron chi connectivity index (χ2n) is 5.53. The first-order valence-electron chi connectivity index (χ1n) is 6.75. The fourth-order valence-electron chi connectivity index (χ4n) is 2.69. The van der Waals surface area contributed by atoms with Crippen molar-refractivity contribution in [2.45, 2.75) is 19.9 Å². The average Bonchev–Trinajstić information content (AvgIpc) is 2.75. The van der Waals surface area contributed by atoms with Gasteiger partial charge in [0.1, 0.15) is 0 Å². The van der Waals surface area contributed by atoms with E-state index in [9.17, 15) is 0 Å². The van der Waals surface area contributed by atoms with E-state index in [0.717, 1.165) is 36.5 Å². The summed E-state index contributed by atoms with van der Waals surface area (Å²) < 4.78 is 0. The monoisotopic (exact) mass is 266 g/mol. The highest BCUT2D eigenvalue weighted by Gasteiger charge is 2.26. The van der Waals surface area contributed by atoms with E-state index in [1.165, 1.54) is 5.56 Å². The van der Waals surface area contributed by atoms with Gasteiger partial charge in [0.05, 0.1) is 0 Å². The minimum absolute atomic E-state index is 0.367. The van der Waals surface area contributed by atoms with E-state index in [1.54, 1.807) is 0 Å². The van der Waals surface area contributed by atoms with Crippen LogP contribution in [0.1, 0.15) is 25.5 Å². The number of benzene rings is 1. The Hall–Kier alpha value is -0.570. The van der Waals surface area contributed by atoms with Crippen LogP contribution in [-0.4, -0.2) is 31.6 Å². The standard InChI is InChI=1S/C15H23ClN2/c1-11-8-17-9-13(11)10-18(3)12(2)14-6-4-5-7-15(14)16/h4-7,11-13,17H,8-10H2,1-3H3. The van der Waals surface area contributed by atoms with E-state index in [0.29, 0.717) is 6.04 Å². The minimum atomic E-state index is 0.367. The molecule has 0 aromatic heterocycles. The van der Waals surface area contributed by atoms with Gasteiger partial charge >= 0.3 is 0 Å². The highest BCUT2D eigenvalue weighted by Crippen LogP contribution is 2.28. The maximum atomic E-state index is 6.27. The van der Waals surface area contributed by atoms with Gasteiger partial charge in [0.25, 0.3) is 0 Å². The van der Waals surface area contributed by atoms with Crippen LogP contribution in [-0.2, 0) is 0 Å². The van der Waals surface area contributed by atoms with Crippen molar-refractivity contribution in [3.8, 4) is 0 Å². The van der Waals surface area contributed by atoms with Gasteiger partial charge in [-0.05, 0) is 50.5 Å². The molecule has 0 amide bonds. The molecule has 1 fully saturated rings. The van der Waals surface area contributed by atoms with Gasteiger partial charge in [-0.2, -0.15) is 0 Å². The molecule has 3 heteroatoms. The molecule has 1 heterocycles. The molecule has 0 radical (unpaired) electrons. The molecular weight excluding hydrogens is 244 g/mol. The Morgan fingerprint density at radius 1 is 1.39 bits per heavy atom. The molecule has 1 saturated heterocycles. The fraction of sp³-hybridized carbons (Fsp3) is 0.600. The van der Waals surface area contributed by atoms with Gasteiger partial charge in [0.15, 0.2) is 0 Å². The molecule has 100 valence electrons. The van der Waals surface area contributed by atoms with E-state index < -0.39 is 0 Å². The largest absolute Gasteiger partial charge is 0.316 e. The first-order chi connectivity index (χ1) is 8.59. The Morgan fingerprint density at radius 3 is 2.72 bits per heavy atom. The molecule has 0 spiro atoms. The van der Waals surface area contributed by atoms with E-state index in [4.69, 9.17) is 11.6 Å². The Morgan fingerprint density at radius 2 is 2.11 bits per heavy atom. The quantitative estimate of drug-likeness (QED) is 0.901. The molecule has 0 bridgehead atoms. The topological polar surface area (TPSA) is 15.3 Å². The van der Waals surface area contributed by atoms with E-state index >= 15 is 0 Å². The van der Waals surface area contributed by atoms with Crippen LogP contribution in [0.2, 0.25) is 5.02 Å². The summed E-state index contributed by atoms with van der Waals surface area (Å²) in [7, 11) is 2.19. The van der Waals surface area contributed by atoms with Crippen LogP contribution < -0.4 is 5.32 Å². The van der Waals surface area contributed by atoms with Crippen LogP contribution in [0.5, 0.6) is 0 Å². The maximum Gasteiger partial charge on any atom is 0.0453 e. The molecule has 1 aromatic carbocycles. The van der Waals surface area contributed by atoms with Gasteiger partial charge < -0.3 is 5.32 Å². The number of halogens is 1. The third-order valence-corrected chi connectivity index (χ3v) is 4.56. The van der Waals surface area contributed by atoms with Crippen molar-refractivity contribution in [2.75, 3.05) is 26.7 Å². The van der Waals surface area contributed by atoms with Crippen LogP contribution in [0.3, 0.4) is 0 Å². The van der Waals surface area contributed by atoms with Gasteiger partial charge in [-0.1, -0.05) is 36.7 Å². The van der Waals surface area contributed by atoms with Gasteiger partial charge in [-0.3, -0.25) is 4.90 Å². The van der Waals surface area contributed by atoms with Crippen molar-refractivity contribution in [1.82, 2.24) is 10.2 Å². The summed E-state index contributed by atoms with van der Waals surface area (Å²) in [6.07, 6.45) is 0. The third kappa shape index (κ3) is 3.05. The van der Waals surface area contributed by atoms with Gasteiger partial charge in [0, 0.05) is 17.6 Å². The first-order valence-corrected chi connectivity index (χ1v) is 7.12. The molecule has 2 rings (SSSR count). The van der Waals surface area contributed by atoms with E-state index in [1.807, 2.05) is 12.1 Å². The fourth-order valence-corrected chi connectivity index (χ4v) is 2.98. The summed E-state index contributed by atoms with van der Waals surface area (Å²) in [6, 6.07) is 8.51. The minimum Gasteiger partial charge on any atom is -0.316 e. The number of nitrogens with zero attached hydrogens (tertiary/aromatic N) is 1. The van der Waals surface area contributed by atoms with Crippen molar-refractivity contribution >= 4 is 11.6 Å². The lowest BCUT2D eigenvalue weighted by Crippen LogP contribution is -2.31. The maximum absolute atomic E-state index is 6.27. The molecule has 0 saturated carbocycles. The number of nitrogens with one attached hydrogen (secondary N) is 1. The molecule has 1 N–H and O–H groups in total. The zero-order valence-electron chi connectivity index (χ0n) is 11.5. The predicted molar refractivity (Wildman–Crippen MR) is 78.0 cm³/mol. The van der Waals surface area contributed by atoms with Crippen LogP contribution in [0.15, 0.2) is 24.3 Å². The molecule has 1 aliphatic heterocycles. The van der Waals surface area contributed by atoms with Crippen LogP contribution >= 0.6 is 11.6 Å². The molecule has 1 aromatic rings. The lowest BCUT2D eigenvalue weighted by Gasteiger charge is -2.29. The number of hydrogen-bond acceptors (Lipinski definition) is 2. The zero-order chi connectivity index (χ0) is 13.1. The molecule has 1 aliphatic rings. The summed E-state index contributed by atoms with van der Waals surface area (Å²) in [5.41, 5.74) is 1.22. The van der Waals surface area contributed by atoms with E-state index in [-0.39, 0.29) is 0 Å². The Kier molecular flexibility index (Phi) is 4.66. The number of rotatable bonds is 4. The van der Waals surface area contributed by atoms with Crippen molar-refractivity contribution in [1.29, 1.82) is 0 Å². The van der Waals surface area contributed by atoms with E-state index in [2.05, 4.69) is 43.2 Å². The first kappa shape index (κ1) is 13.9. The van der Waals surface area contributed by atoms with Crippen molar-refractivity contribution in [2.24, 2.45) is 11.8 Å². The molecular formula is C15H23ClN2. The van der Waals surface area contributed by atoms with Crippen molar-refractivity contribution in [3.05, 3.63) is 34.9 Å². The van der Waals surface area contributed by atoms with Crippen molar-refractivity contribution < 1.29 is 0 Å². The Bertz CT molecular complexity index is 394. The van der Waals surface area contributed by atoms with Gasteiger partial charge in [-0.15, -0.1) is 0 Å². The SMILES string of the molecule is CC1CNCC1CN(C)C(C)c1ccccc1Cl. The van der Waals surface area contributed by atoms with Crippen LogP contribution in [0.4, 0.5) is 0 Å². The zero-order valence-corrected chi connectivity index (χ0v) is 12.2. The third-order valence-electron chi connectivity index (χ3n) is 4.22. The molecule has 3 unspecified atom stereocenters. The summed E-state index contributed by atoms with van der Waals surface area (Å²) in [5.74, 6) is 1.52. The highest BCUT2D eigenvalue weighted by atomic mass is 35.5. The van der Waals surface area contributed by atoms with Crippen molar-refractivity contribution in [3.63, 3.8) is 0 Å². The molecule has 2 nitrogen and oxygen atoms in total. The number of hydrogen-bond donors (Lipinski definition) is 1.